The lowest BCUT2D eigenvalue weighted by Gasteiger charge is -2.14. The molecule has 0 aromatic heterocycles. The first kappa shape index (κ1) is 21.3. The molecule has 0 bridgehead atoms. The van der Waals surface area contributed by atoms with Crippen molar-refractivity contribution in [2.75, 3.05) is 7.11 Å². The van der Waals surface area contributed by atoms with E-state index in [-0.39, 0.29) is 11.6 Å². The van der Waals surface area contributed by atoms with Crippen molar-refractivity contribution in [3.63, 3.8) is 0 Å². The molecule has 4 rings (SSSR count). The summed E-state index contributed by atoms with van der Waals surface area (Å²) in [4.78, 5) is 16.6. The number of ether oxygens (including phenoxy) is 3. The third-order valence-electron chi connectivity index (χ3n) is 4.47. The second-order valence-electron chi connectivity index (χ2n) is 6.65. The maximum Gasteiger partial charge on any atom is 0.363 e. The molecule has 0 saturated carbocycles. The van der Waals surface area contributed by atoms with Crippen LogP contribution in [-0.4, -0.2) is 19.0 Å². The first-order valence-electron chi connectivity index (χ1n) is 9.36. The van der Waals surface area contributed by atoms with Crippen LogP contribution in [-0.2, 0) is 16.1 Å². The molecule has 5 nitrogen and oxygen atoms in total. The number of esters is 1. The molecule has 0 radical (unpaired) electrons. The highest BCUT2D eigenvalue weighted by Crippen LogP contribution is 2.38. The van der Waals surface area contributed by atoms with Crippen LogP contribution < -0.4 is 9.47 Å². The number of hydrogen-bond acceptors (Lipinski definition) is 5. The average Bonchev–Trinajstić information content (AvgIpc) is 3.13. The minimum absolute atomic E-state index is 0.218. The highest BCUT2D eigenvalue weighted by molar-refractivity contribution is 9.10. The van der Waals surface area contributed by atoms with Crippen molar-refractivity contribution >= 4 is 49.8 Å². The van der Waals surface area contributed by atoms with Crippen molar-refractivity contribution < 1.29 is 19.0 Å². The average molecular weight is 543 g/mol. The predicted molar refractivity (Wildman–Crippen MR) is 126 cm³/mol. The van der Waals surface area contributed by atoms with Crippen LogP contribution in [0.25, 0.3) is 6.08 Å². The van der Waals surface area contributed by atoms with E-state index in [1.54, 1.807) is 19.3 Å². The van der Waals surface area contributed by atoms with Gasteiger partial charge >= 0.3 is 5.97 Å². The fourth-order valence-electron chi connectivity index (χ4n) is 3.02. The van der Waals surface area contributed by atoms with Gasteiger partial charge in [-0.3, -0.25) is 0 Å². The molecule has 0 spiro atoms. The Morgan fingerprint density at radius 1 is 1.03 bits per heavy atom. The molecule has 1 aliphatic heterocycles. The van der Waals surface area contributed by atoms with Crippen LogP contribution in [0.5, 0.6) is 11.5 Å². The number of hydrogen-bond donors (Lipinski definition) is 0. The van der Waals surface area contributed by atoms with Crippen LogP contribution in [0.4, 0.5) is 0 Å². The molecule has 31 heavy (non-hydrogen) atoms. The third kappa shape index (κ3) is 5.06. The van der Waals surface area contributed by atoms with Gasteiger partial charge in [0, 0.05) is 10.0 Å². The van der Waals surface area contributed by atoms with E-state index in [1.807, 2.05) is 60.7 Å². The number of nitrogens with zero attached hydrogens (tertiary/aromatic N) is 1. The first-order valence-corrected chi connectivity index (χ1v) is 10.9. The summed E-state index contributed by atoms with van der Waals surface area (Å²) in [5.41, 5.74) is 2.71. The molecule has 3 aromatic rings. The van der Waals surface area contributed by atoms with Crippen LogP contribution in [0.2, 0.25) is 0 Å². The van der Waals surface area contributed by atoms with Gasteiger partial charge in [0.05, 0.1) is 11.6 Å². The Morgan fingerprint density at radius 3 is 2.58 bits per heavy atom. The van der Waals surface area contributed by atoms with E-state index < -0.39 is 5.97 Å². The number of methoxy groups -OCH3 is 1. The zero-order chi connectivity index (χ0) is 21.8. The summed E-state index contributed by atoms with van der Waals surface area (Å²) in [6.45, 7) is 0.381. The van der Waals surface area contributed by atoms with Crippen LogP contribution in [0.15, 0.2) is 86.4 Å². The lowest BCUT2D eigenvalue weighted by atomic mass is 10.1. The minimum atomic E-state index is -0.496. The summed E-state index contributed by atoms with van der Waals surface area (Å²) in [7, 11) is 1.57. The van der Waals surface area contributed by atoms with Gasteiger partial charge in [0.25, 0.3) is 0 Å². The molecular weight excluding hydrogens is 526 g/mol. The number of benzene rings is 3. The predicted octanol–water partition coefficient (Wildman–Crippen LogP) is 6.14. The Bertz CT molecular complexity index is 1190. The fourth-order valence-corrected chi connectivity index (χ4v) is 4.04. The van der Waals surface area contributed by atoms with Crippen molar-refractivity contribution in [2.45, 2.75) is 6.61 Å². The number of cyclic esters (lactones) is 1. The molecular formula is C24H17Br2NO4. The van der Waals surface area contributed by atoms with Gasteiger partial charge in [0.1, 0.15) is 6.61 Å². The van der Waals surface area contributed by atoms with Gasteiger partial charge in [-0.2, -0.15) is 0 Å². The normalized spacial score (nSPS) is 14.4. The molecule has 3 aromatic carbocycles. The van der Waals surface area contributed by atoms with Crippen LogP contribution in [0, 0.1) is 0 Å². The van der Waals surface area contributed by atoms with E-state index in [1.165, 1.54) is 0 Å². The largest absolute Gasteiger partial charge is 0.493 e. The molecule has 156 valence electrons. The number of aliphatic imine (C=N–C) groups is 1. The lowest BCUT2D eigenvalue weighted by Crippen LogP contribution is -2.05. The summed E-state index contributed by atoms with van der Waals surface area (Å²) in [5, 5.41) is 0. The van der Waals surface area contributed by atoms with Crippen LogP contribution >= 0.6 is 31.9 Å². The molecule has 0 amide bonds. The van der Waals surface area contributed by atoms with Crippen molar-refractivity contribution in [1.82, 2.24) is 0 Å². The van der Waals surface area contributed by atoms with E-state index in [0.717, 1.165) is 21.2 Å². The summed E-state index contributed by atoms with van der Waals surface area (Å²) in [6.07, 6.45) is 1.66. The first-order chi connectivity index (χ1) is 15.0. The number of halogens is 2. The Morgan fingerprint density at radius 2 is 1.84 bits per heavy atom. The summed E-state index contributed by atoms with van der Waals surface area (Å²) < 4.78 is 18.5. The van der Waals surface area contributed by atoms with Gasteiger partial charge < -0.3 is 14.2 Å². The van der Waals surface area contributed by atoms with Crippen LogP contribution in [0.1, 0.15) is 16.7 Å². The Balaban J connectivity index is 1.59. The zero-order valence-corrected chi connectivity index (χ0v) is 19.6. The van der Waals surface area contributed by atoms with Crippen molar-refractivity contribution in [2.24, 2.45) is 4.99 Å². The van der Waals surface area contributed by atoms with E-state index in [2.05, 4.69) is 36.9 Å². The fraction of sp³-hybridized carbons (Fsp3) is 0.0833. The second kappa shape index (κ2) is 9.49. The maximum atomic E-state index is 12.3. The molecule has 0 aliphatic carbocycles. The van der Waals surface area contributed by atoms with Crippen molar-refractivity contribution in [3.8, 4) is 11.5 Å². The molecule has 0 unspecified atom stereocenters. The van der Waals surface area contributed by atoms with Gasteiger partial charge in [0.15, 0.2) is 17.2 Å². The molecule has 0 fully saturated rings. The van der Waals surface area contributed by atoms with E-state index in [4.69, 9.17) is 14.2 Å². The van der Waals surface area contributed by atoms with Gasteiger partial charge in [-0.05, 0) is 69.5 Å². The zero-order valence-electron chi connectivity index (χ0n) is 16.5. The van der Waals surface area contributed by atoms with E-state index in [0.29, 0.717) is 22.6 Å². The van der Waals surface area contributed by atoms with Crippen molar-refractivity contribution in [3.05, 3.63) is 98.1 Å². The molecule has 7 heteroatoms. The molecule has 0 atom stereocenters. The van der Waals surface area contributed by atoms with E-state index >= 15 is 0 Å². The molecule has 1 aliphatic rings. The van der Waals surface area contributed by atoms with Gasteiger partial charge in [-0.15, -0.1) is 0 Å². The monoisotopic (exact) mass is 541 g/mol. The highest BCUT2D eigenvalue weighted by Gasteiger charge is 2.24. The van der Waals surface area contributed by atoms with Crippen molar-refractivity contribution in [1.29, 1.82) is 0 Å². The van der Waals surface area contributed by atoms with Crippen LogP contribution in [0.3, 0.4) is 0 Å². The molecule has 1 heterocycles. The quantitative estimate of drug-likeness (QED) is 0.277. The number of carbonyl (C=O) groups is 1. The molecule has 0 saturated heterocycles. The topological polar surface area (TPSA) is 57.1 Å². The highest BCUT2D eigenvalue weighted by atomic mass is 79.9. The van der Waals surface area contributed by atoms with Gasteiger partial charge in [-0.1, -0.05) is 46.3 Å². The summed E-state index contributed by atoms with van der Waals surface area (Å²) in [6, 6.07) is 20.8. The maximum absolute atomic E-state index is 12.3. The Labute approximate surface area is 196 Å². The second-order valence-corrected chi connectivity index (χ2v) is 8.42. The summed E-state index contributed by atoms with van der Waals surface area (Å²) in [5.74, 6) is 0.905. The minimum Gasteiger partial charge on any atom is -0.493 e. The smallest absolute Gasteiger partial charge is 0.363 e. The third-order valence-corrected chi connectivity index (χ3v) is 5.55. The van der Waals surface area contributed by atoms with Gasteiger partial charge in [-0.25, -0.2) is 9.79 Å². The Hall–Kier alpha value is -2.90. The van der Waals surface area contributed by atoms with E-state index in [9.17, 15) is 4.79 Å². The standard InChI is InChI=1S/C24H17Br2NO4/c1-29-21-13-16(11-19(26)22(21)30-14-15-6-5-9-18(25)10-15)12-20-24(28)31-23(27-20)17-7-3-2-4-8-17/h2-13H,14H2,1H3/b20-12-. The summed E-state index contributed by atoms with van der Waals surface area (Å²) >= 11 is 7.01. The Kier molecular flexibility index (Phi) is 6.53. The number of carbonyl (C=O) groups excluding carboxylic acids is 1. The van der Waals surface area contributed by atoms with Gasteiger partial charge in [0.2, 0.25) is 5.90 Å². The molecule has 0 N–H and O–H groups in total. The lowest BCUT2D eigenvalue weighted by molar-refractivity contribution is -0.129. The SMILES string of the molecule is COc1cc(/C=C2\N=C(c3ccccc3)OC2=O)cc(Br)c1OCc1cccc(Br)c1. The number of rotatable bonds is 6.